The van der Waals surface area contributed by atoms with Crippen LogP contribution >= 0.6 is 0 Å². The van der Waals surface area contributed by atoms with Crippen LogP contribution in [0.3, 0.4) is 0 Å². The smallest absolute Gasteiger partial charge is 0.346 e. The average molecular weight is 455 g/mol. The summed E-state index contributed by atoms with van der Waals surface area (Å²) < 4.78 is 39.0. The fraction of sp³-hybridized carbons (Fsp3) is 0.296. The monoisotopic (exact) mass is 454 g/mol. The van der Waals surface area contributed by atoms with E-state index in [1.807, 2.05) is 0 Å². The molecule has 0 fully saturated rings. The third kappa shape index (κ3) is 7.04. The number of ether oxygens (including phenoxy) is 2. The van der Waals surface area contributed by atoms with E-state index in [2.05, 4.69) is 6.92 Å². The average Bonchev–Trinajstić information content (AvgIpc) is 2.79. The third-order valence-electron chi connectivity index (χ3n) is 5.26. The Bertz CT molecular complexity index is 1060. The molecule has 0 amide bonds. The number of phenolic OH excluding ortho intramolecular Hbond substituents is 1. The number of esters is 1. The molecule has 6 heteroatoms. The Morgan fingerprint density at radius 1 is 0.818 bits per heavy atom. The summed E-state index contributed by atoms with van der Waals surface area (Å²) in [6, 6.07) is 14.5. The van der Waals surface area contributed by atoms with Gasteiger partial charge in [-0.15, -0.1) is 0 Å². The largest absolute Gasteiger partial charge is 0.508 e. The van der Waals surface area contributed by atoms with E-state index in [1.54, 1.807) is 36.4 Å². The molecule has 0 bridgehead atoms. The lowest BCUT2D eigenvalue weighted by Gasteiger charge is -2.10. The lowest BCUT2D eigenvalue weighted by atomic mass is 10.1. The zero-order valence-corrected chi connectivity index (χ0v) is 18.7. The predicted molar refractivity (Wildman–Crippen MR) is 124 cm³/mol. The Kier molecular flexibility index (Phi) is 8.81. The van der Waals surface area contributed by atoms with Crippen LogP contribution in [0.5, 0.6) is 17.2 Å². The van der Waals surface area contributed by atoms with Gasteiger partial charge in [-0.25, -0.2) is 13.6 Å². The Labute approximate surface area is 192 Å². The normalized spacial score (nSPS) is 10.8. The minimum Gasteiger partial charge on any atom is -0.508 e. The molecule has 3 rings (SSSR count). The van der Waals surface area contributed by atoms with Gasteiger partial charge < -0.3 is 14.6 Å². The summed E-state index contributed by atoms with van der Waals surface area (Å²) in [7, 11) is 0. The fourth-order valence-corrected chi connectivity index (χ4v) is 3.41. The summed E-state index contributed by atoms with van der Waals surface area (Å²) in [6.45, 7) is 2.67. The second-order valence-corrected chi connectivity index (χ2v) is 7.84. The maximum absolute atomic E-state index is 14.5. The molecule has 0 aliphatic heterocycles. The van der Waals surface area contributed by atoms with Gasteiger partial charge in [-0.05, 0) is 53.9 Å². The van der Waals surface area contributed by atoms with E-state index in [0.29, 0.717) is 12.2 Å². The molecule has 3 aromatic carbocycles. The first-order valence-corrected chi connectivity index (χ1v) is 11.2. The number of carbonyl (C=O) groups excluding carboxylic acids is 1. The highest BCUT2D eigenvalue weighted by Gasteiger charge is 2.15. The van der Waals surface area contributed by atoms with Crippen LogP contribution in [0.15, 0.2) is 60.7 Å². The van der Waals surface area contributed by atoms with Gasteiger partial charge in [-0.3, -0.25) is 0 Å². The standard InChI is InChI=1S/C27H28F2O4/c1-2-3-4-5-6-7-16-32-26-15-10-20(17-25(26)29)19-8-12-22(13-9-19)33-27(31)23-14-11-21(30)18-24(23)28/h8-15,17-18,30H,2-7,16H2,1H3. The Balaban J connectivity index is 1.55. The topological polar surface area (TPSA) is 55.8 Å². The van der Waals surface area contributed by atoms with Crippen molar-refractivity contribution in [2.75, 3.05) is 6.61 Å². The summed E-state index contributed by atoms with van der Waals surface area (Å²) in [6.07, 6.45) is 6.84. The lowest BCUT2D eigenvalue weighted by molar-refractivity contribution is 0.0730. The van der Waals surface area contributed by atoms with Gasteiger partial charge in [0.05, 0.1) is 12.2 Å². The minimum absolute atomic E-state index is 0.218. The molecule has 33 heavy (non-hydrogen) atoms. The van der Waals surface area contributed by atoms with Crippen LogP contribution in [-0.4, -0.2) is 17.7 Å². The van der Waals surface area contributed by atoms with Crippen LogP contribution in [0.4, 0.5) is 8.78 Å². The van der Waals surface area contributed by atoms with Crippen molar-refractivity contribution in [3.05, 3.63) is 77.9 Å². The molecule has 0 atom stereocenters. The van der Waals surface area contributed by atoms with E-state index in [4.69, 9.17) is 9.47 Å². The van der Waals surface area contributed by atoms with Crippen LogP contribution in [-0.2, 0) is 0 Å². The van der Waals surface area contributed by atoms with Crippen LogP contribution < -0.4 is 9.47 Å². The predicted octanol–water partition coefficient (Wildman–Crippen LogP) is 7.30. The molecule has 0 radical (unpaired) electrons. The molecule has 4 nitrogen and oxygen atoms in total. The number of halogens is 2. The SMILES string of the molecule is CCCCCCCCOc1ccc(-c2ccc(OC(=O)c3ccc(O)cc3F)cc2)cc1F. The summed E-state index contributed by atoms with van der Waals surface area (Å²) in [5, 5.41) is 9.25. The van der Waals surface area contributed by atoms with E-state index in [-0.39, 0.29) is 22.8 Å². The first-order valence-electron chi connectivity index (χ1n) is 11.2. The molecule has 1 N–H and O–H groups in total. The summed E-state index contributed by atoms with van der Waals surface area (Å²) in [5.41, 5.74) is 1.10. The molecule has 0 spiro atoms. The van der Waals surface area contributed by atoms with Crippen LogP contribution in [0.1, 0.15) is 55.8 Å². The van der Waals surface area contributed by atoms with E-state index in [1.165, 1.54) is 37.8 Å². The highest BCUT2D eigenvalue weighted by molar-refractivity contribution is 5.91. The maximum atomic E-state index is 14.5. The van der Waals surface area contributed by atoms with Gasteiger partial charge in [0.15, 0.2) is 11.6 Å². The zero-order chi connectivity index (χ0) is 23.6. The first kappa shape index (κ1) is 24.2. The van der Waals surface area contributed by atoms with Crippen LogP contribution in [0, 0.1) is 11.6 Å². The lowest BCUT2D eigenvalue weighted by Crippen LogP contribution is -2.10. The van der Waals surface area contributed by atoms with Gasteiger partial charge in [-0.2, -0.15) is 0 Å². The summed E-state index contributed by atoms with van der Waals surface area (Å²) >= 11 is 0. The number of hydrogen-bond acceptors (Lipinski definition) is 4. The molecule has 0 heterocycles. The van der Waals surface area contributed by atoms with Crippen molar-refractivity contribution < 1.29 is 28.2 Å². The molecule has 0 saturated carbocycles. The highest BCUT2D eigenvalue weighted by atomic mass is 19.1. The van der Waals surface area contributed by atoms with Gasteiger partial charge in [0.1, 0.15) is 17.3 Å². The molecule has 0 aromatic heterocycles. The number of benzene rings is 3. The molecule has 0 aliphatic carbocycles. The van der Waals surface area contributed by atoms with Gasteiger partial charge in [0.25, 0.3) is 0 Å². The van der Waals surface area contributed by atoms with Gasteiger partial charge in [0.2, 0.25) is 0 Å². The number of aromatic hydroxyl groups is 1. The summed E-state index contributed by atoms with van der Waals surface area (Å²) in [4.78, 5) is 12.1. The maximum Gasteiger partial charge on any atom is 0.346 e. The van der Waals surface area contributed by atoms with Crippen LogP contribution in [0.25, 0.3) is 11.1 Å². The molecular weight excluding hydrogens is 426 g/mol. The number of unbranched alkanes of at least 4 members (excludes halogenated alkanes) is 5. The van der Waals surface area contributed by atoms with Gasteiger partial charge >= 0.3 is 5.97 Å². The number of rotatable bonds is 11. The Morgan fingerprint density at radius 2 is 1.52 bits per heavy atom. The molecule has 174 valence electrons. The van der Waals surface area contributed by atoms with Crippen molar-refractivity contribution in [1.82, 2.24) is 0 Å². The minimum atomic E-state index is -0.877. The van der Waals surface area contributed by atoms with E-state index in [0.717, 1.165) is 30.5 Å². The zero-order valence-electron chi connectivity index (χ0n) is 18.7. The number of phenols is 1. The molecule has 0 aliphatic rings. The highest BCUT2D eigenvalue weighted by Crippen LogP contribution is 2.28. The van der Waals surface area contributed by atoms with E-state index < -0.39 is 17.6 Å². The third-order valence-corrected chi connectivity index (χ3v) is 5.26. The van der Waals surface area contributed by atoms with Gasteiger partial charge in [0, 0.05) is 6.07 Å². The van der Waals surface area contributed by atoms with Crippen molar-refractivity contribution in [1.29, 1.82) is 0 Å². The van der Waals surface area contributed by atoms with Crippen molar-refractivity contribution in [3.8, 4) is 28.4 Å². The molecule has 3 aromatic rings. The summed E-state index contributed by atoms with van der Waals surface area (Å²) in [5.74, 6) is -2.01. The van der Waals surface area contributed by atoms with E-state index >= 15 is 0 Å². The Hall–Kier alpha value is -3.41. The molecular formula is C27H28F2O4. The van der Waals surface area contributed by atoms with Crippen molar-refractivity contribution >= 4 is 5.97 Å². The molecule has 0 unspecified atom stereocenters. The number of carbonyl (C=O) groups is 1. The Morgan fingerprint density at radius 3 is 2.21 bits per heavy atom. The molecule has 0 saturated heterocycles. The number of hydrogen-bond donors (Lipinski definition) is 1. The van der Waals surface area contributed by atoms with Crippen molar-refractivity contribution in [2.45, 2.75) is 45.4 Å². The van der Waals surface area contributed by atoms with Crippen LogP contribution in [0.2, 0.25) is 0 Å². The van der Waals surface area contributed by atoms with Gasteiger partial charge in [-0.1, -0.05) is 57.2 Å². The fourth-order valence-electron chi connectivity index (χ4n) is 3.41. The first-order chi connectivity index (χ1) is 16.0. The van der Waals surface area contributed by atoms with Crippen molar-refractivity contribution in [2.24, 2.45) is 0 Å². The van der Waals surface area contributed by atoms with E-state index in [9.17, 15) is 18.7 Å². The second-order valence-electron chi connectivity index (χ2n) is 7.84. The quantitative estimate of drug-likeness (QED) is 0.188. The second kappa shape index (κ2) is 12.0. The van der Waals surface area contributed by atoms with Crippen molar-refractivity contribution in [3.63, 3.8) is 0 Å².